The van der Waals surface area contributed by atoms with Crippen molar-refractivity contribution < 1.29 is 19.0 Å². The van der Waals surface area contributed by atoms with E-state index in [0.717, 1.165) is 26.1 Å². The SMILES string of the molecule is CCCOCCOCCOC(=O)N1CCNCC1. The zero-order valence-corrected chi connectivity index (χ0v) is 11.2. The molecular formula is C12H24N2O4. The first-order valence-electron chi connectivity index (χ1n) is 6.62. The summed E-state index contributed by atoms with van der Waals surface area (Å²) in [5.41, 5.74) is 0. The van der Waals surface area contributed by atoms with E-state index in [0.29, 0.717) is 39.5 Å². The Labute approximate surface area is 109 Å². The van der Waals surface area contributed by atoms with Gasteiger partial charge >= 0.3 is 6.09 Å². The highest BCUT2D eigenvalue weighted by Crippen LogP contribution is 1.96. The van der Waals surface area contributed by atoms with E-state index in [2.05, 4.69) is 12.2 Å². The first-order valence-corrected chi connectivity index (χ1v) is 6.62. The van der Waals surface area contributed by atoms with Crippen molar-refractivity contribution in [1.82, 2.24) is 10.2 Å². The van der Waals surface area contributed by atoms with Crippen LogP contribution in [0.5, 0.6) is 0 Å². The van der Waals surface area contributed by atoms with E-state index >= 15 is 0 Å². The predicted octanol–water partition coefficient (Wildman–Crippen LogP) is 0.471. The molecule has 0 aliphatic carbocycles. The molecule has 0 aromatic heterocycles. The zero-order chi connectivity index (χ0) is 13.1. The standard InChI is InChI=1S/C12H24N2O4/c1-2-7-16-8-9-17-10-11-18-12(15)14-5-3-13-4-6-14/h13H,2-11H2,1H3. The van der Waals surface area contributed by atoms with Crippen LogP contribution < -0.4 is 5.32 Å². The average molecular weight is 260 g/mol. The minimum atomic E-state index is -0.248. The minimum absolute atomic E-state index is 0.248. The summed E-state index contributed by atoms with van der Waals surface area (Å²) in [7, 11) is 0. The van der Waals surface area contributed by atoms with Gasteiger partial charge in [0, 0.05) is 32.8 Å². The Bertz CT molecular complexity index is 220. The lowest BCUT2D eigenvalue weighted by Crippen LogP contribution is -2.46. The molecule has 6 heteroatoms. The summed E-state index contributed by atoms with van der Waals surface area (Å²) in [6.45, 7) is 7.79. The summed E-state index contributed by atoms with van der Waals surface area (Å²) < 4.78 is 15.6. The third-order valence-electron chi connectivity index (χ3n) is 2.55. The number of nitrogens with one attached hydrogen (secondary N) is 1. The Morgan fingerprint density at radius 2 is 1.67 bits per heavy atom. The molecule has 1 rings (SSSR count). The van der Waals surface area contributed by atoms with Crippen LogP contribution in [-0.4, -0.2) is 70.2 Å². The van der Waals surface area contributed by atoms with Gasteiger partial charge in [-0.1, -0.05) is 6.92 Å². The molecule has 1 heterocycles. The van der Waals surface area contributed by atoms with Crippen molar-refractivity contribution in [2.45, 2.75) is 13.3 Å². The minimum Gasteiger partial charge on any atom is -0.447 e. The number of carbonyl (C=O) groups is 1. The van der Waals surface area contributed by atoms with Gasteiger partial charge < -0.3 is 24.4 Å². The van der Waals surface area contributed by atoms with Gasteiger partial charge in [-0.25, -0.2) is 4.79 Å². The second kappa shape index (κ2) is 10.1. The molecule has 18 heavy (non-hydrogen) atoms. The van der Waals surface area contributed by atoms with Gasteiger partial charge in [-0.3, -0.25) is 0 Å². The predicted molar refractivity (Wildman–Crippen MR) is 67.7 cm³/mol. The summed E-state index contributed by atoms with van der Waals surface area (Å²) in [4.78, 5) is 13.3. The zero-order valence-electron chi connectivity index (χ0n) is 11.2. The Morgan fingerprint density at radius 1 is 1.06 bits per heavy atom. The van der Waals surface area contributed by atoms with E-state index in [-0.39, 0.29) is 6.09 Å². The molecule has 106 valence electrons. The Hall–Kier alpha value is -0.850. The van der Waals surface area contributed by atoms with Crippen LogP contribution in [-0.2, 0) is 14.2 Å². The average Bonchev–Trinajstić information content (AvgIpc) is 2.42. The lowest BCUT2D eigenvalue weighted by Gasteiger charge is -2.26. The number of amides is 1. The molecule has 1 aliphatic heterocycles. The molecule has 1 N–H and O–H groups in total. The number of hydrogen-bond acceptors (Lipinski definition) is 5. The summed E-state index contributed by atoms with van der Waals surface area (Å²) in [5.74, 6) is 0. The molecule has 1 saturated heterocycles. The van der Waals surface area contributed by atoms with Gasteiger partial charge in [0.25, 0.3) is 0 Å². The summed E-state index contributed by atoms with van der Waals surface area (Å²) in [6, 6.07) is 0. The van der Waals surface area contributed by atoms with Crippen molar-refractivity contribution in [3.63, 3.8) is 0 Å². The van der Waals surface area contributed by atoms with E-state index in [4.69, 9.17) is 14.2 Å². The Balaban J connectivity index is 1.89. The molecule has 0 saturated carbocycles. The van der Waals surface area contributed by atoms with E-state index in [1.165, 1.54) is 0 Å². The van der Waals surface area contributed by atoms with Gasteiger partial charge in [0.05, 0.1) is 19.8 Å². The number of piperazine rings is 1. The van der Waals surface area contributed by atoms with Crippen molar-refractivity contribution in [3.8, 4) is 0 Å². The van der Waals surface area contributed by atoms with Gasteiger partial charge in [0.2, 0.25) is 0 Å². The molecule has 6 nitrogen and oxygen atoms in total. The van der Waals surface area contributed by atoms with E-state index in [1.54, 1.807) is 4.90 Å². The van der Waals surface area contributed by atoms with Crippen LogP contribution in [0.1, 0.15) is 13.3 Å². The fourth-order valence-electron chi connectivity index (χ4n) is 1.59. The van der Waals surface area contributed by atoms with Crippen LogP contribution in [0.15, 0.2) is 0 Å². The fourth-order valence-corrected chi connectivity index (χ4v) is 1.59. The van der Waals surface area contributed by atoms with Crippen LogP contribution in [0.25, 0.3) is 0 Å². The fraction of sp³-hybridized carbons (Fsp3) is 0.917. The molecule has 0 atom stereocenters. The van der Waals surface area contributed by atoms with Crippen molar-refractivity contribution in [1.29, 1.82) is 0 Å². The van der Waals surface area contributed by atoms with Gasteiger partial charge in [-0.05, 0) is 6.42 Å². The monoisotopic (exact) mass is 260 g/mol. The number of ether oxygens (including phenoxy) is 3. The van der Waals surface area contributed by atoms with Crippen LogP contribution >= 0.6 is 0 Å². The number of carbonyl (C=O) groups excluding carboxylic acids is 1. The smallest absolute Gasteiger partial charge is 0.409 e. The van der Waals surface area contributed by atoms with Crippen LogP contribution in [0.4, 0.5) is 4.79 Å². The van der Waals surface area contributed by atoms with Gasteiger partial charge in [0.15, 0.2) is 0 Å². The van der Waals surface area contributed by atoms with Crippen molar-refractivity contribution in [3.05, 3.63) is 0 Å². The summed E-state index contributed by atoms with van der Waals surface area (Å²) in [5, 5.41) is 3.18. The van der Waals surface area contributed by atoms with Crippen LogP contribution in [0.3, 0.4) is 0 Å². The largest absolute Gasteiger partial charge is 0.447 e. The molecular weight excluding hydrogens is 236 g/mol. The number of nitrogens with zero attached hydrogens (tertiary/aromatic N) is 1. The van der Waals surface area contributed by atoms with Crippen molar-refractivity contribution in [2.75, 3.05) is 59.2 Å². The Kier molecular flexibility index (Phi) is 8.54. The molecule has 0 radical (unpaired) electrons. The topological polar surface area (TPSA) is 60.0 Å². The molecule has 0 spiro atoms. The molecule has 0 aromatic carbocycles. The third-order valence-corrected chi connectivity index (χ3v) is 2.55. The van der Waals surface area contributed by atoms with Crippen molar-refractivity contribution in [2.24, 2.45) is 0 Å². The highest BCUT2D eigenvalue weighted by molar-refractivity contribution is 5.67. The normalized spacial score (nSPS) is 15.7. The summed E-state index contributed by atoms with van der Waals surface area (Å²) >= 11 is 0. The quantitative estimate of drug-likeness (QED) is 0.643. The maximum atomic E-state index is 11.6. The molecule has 1 aliphatic rings. The molecule has 1 fully saturated rings. The first kappa shape index (κ1) is 15.2. The number of rotatable bonds is 8. The van der Waals surface area contributed by atoms with E-state index in [1.807, 2.05) is 0 Å². The molecule has 0 bridgehead atoms. The molecule has 1 amide bonds. The highest BCUT2D eigenvalue weighted by Gasteiger charge is 2.16. The van der Waals surface area contributed by atoms with Gasteiger partial charge in [-0.15, -0.1) is 0 Å². The van der Waals surface area contributed by atoms with E-state index in [9.17, 15) is 4.79 Å². The second-order valence-corrected chi connectivity index (χ2v) is 4.08. The first-order chi connectivity index (χ1) is 8.84. The van der Waals surface area contributed by atoms with Crippen LogP contribution in [0, 0.1) is 0 Å². The molecule has 0 unspecified atom stereocenters. The molecule has 0 aromatic rings. The lowest BCUT2D eigenvalue weighted by molar-refractivity contribution is 0.0215. The maximum Gasteiger partial charge on any atom is 0.409 e. The highest BCUT2D eigenvalue weighted by atomic mass is 16.6. The van der Waals surface area contributed by atoms with E-state index < -0.39 is 0 Å². The van der Waals surface area contributed by atoms with Crippen LogP contribution in [0.2, 0.25) is 0 Å². The third kappa shape index (κ3) is 6.78. The lowest BCUT2D eigenvalue weighted by atomic mass is 10.4. The maximum absolute atomic E-state index is 11.6. The second-order valence-electron chi connectivity index (χ2n) is 4.08. The van der Waals surface area contributed by atoms with Gasteiger partial charge in [-0.2, -0.15) is 0 Å². The van der Waals surface area contributed by atoms with Crippen molar-refractivity contribution >= 4 is 6.09 Å². The Morgan fingerprint density at radius 3 is 2.33 bits per heavy atom. The summed E-state index contributed by atoms with van der Waals surface area (Å²) in [6.07, 6.45) is 0.768. The van der Waals surface area contributed by atoms with Gasteiger partial charge in [0.1, 0.15) is 6.61 Å². The number of hydrogen-bond donors (Lipinski definition) is 1.